The van der Waals surface area contributed by atoms with E-state index in [1.165, 1.54) is 13.0 Å². The zero-order valence-corrected chi connectivity index (χ0v) is 14.3. The summed E-state index contributed by atoms with van der Waals surface area (Å²) in [5.41, 5.74) is 1.91. The number of nitrogens with zero attached hydrogens (tertiary/aromatic N) is 1. The maximum atomic E-state index is 12.2. The molecule has 1 fully saturated rings. The topological polar surface area (TPSA) is 87.7 Å². The van der Waals surface area contributed by atoms with Crippen molar-refractivity contribution < 1.29 is 19.1 Å². The lowest BCUT2D eigenvalue weighted by molar-refractivity contribution is -0.138. The predicted molar refractivity (Wildman–Crippen MR) is 93.1 cm³/mol. The molecular weight excluding hydrogens is 322 g/mol. The first-order chi connectivity index (χ1) is 12.0. The van der Waals surface area contributed by atoms with Crippen molar-refractivity contribution in [1.82, 2.24) is 4.90 Å². The molecule has 0 aromatic heterocycles. The van der Waals surface area contributed by atoms with Crippen LogP contribution in [0.4, 0.5) is 11.4 Å². The highest BCUT2D eigenvalue weighted by atomic mass is 16.5. The summed E-state index contributed by atoms with van der Waals surface area (Å²) in [6.07, 6.45) is 4.33. The number of benzene rings is 1. The minimum absolute atomic E-state index is 0.000264. The summed E-state index contributed by atoms with van der Waals surface area (Å²) >= 11 is 0. The average Bonchev–Trinajstić information content (AvgIpc) is 2.86. The highest BCUT2D eigenvalue weighted by Gasteiger charge is 2.27. The number of methoxy groups -OCH3 is 1. The molecule has 2 aliphatic rings. The maximum Gasteiger partial charge on any atom is 0.255 e. The number of carbonyl (C=O) groups excluding carboxylic acids is 3. The van der Waals surface area contributed by atoms with Crippen molar-refractivity contribution in [2.75, 3.05) is 24.3 Å². The lowest BCUT2D eigenvalue weighted by Gasteiger charge is -2.24. The van der Waals surface area contributed by atoms with Crippen molar-refractivity contribution in [2.24, 2.45) is 5.92 Å². The van der Waals surface area contributed by atoms with Gasteiger partial charge in [-0.2, -0.15) is 0 Å². The van der Waals surface area contributed by atoms with Crippen molar-refractivity contribution in [3.05, 3.63) is 30.0 Å². The molecule has 0 unspecified atom stereocenters. The van der Waals surface area contributed by atoms with Crippen LogP contribution in [0.3, 0.4) is 0 Å². The maximum absolute atomic E-state index is 12.2. The van der Waals surface area contributed by atoms with E-state index in [9.17, 15) is 14.4 Å². The molecule has 0 bridgehead atoms. The lowest BCUT2D eigenvalue weighted by atomic mass is 9.85. The van der Waals surface area contributed by atoms with E-state index in [0.717, 1.165) is 24.2 Å². The molecule has 7 heteroatoms. The van der Waals surface area contributed by atoms with Gasteiger partial charge in [-0.05, 0) is 31.0 Å². The van der Waals surface area contributed by atoms with E-state index in [-0.39, 0.29) is 30.2 Å². The summed E-state index contributed by atoms with van der Waals surface area (Å²) in [5.74, 6) is 0.0173. The number of ether oxygens (including phenoxy) is 1. The van der Waals surface area contributed by atoms with Crippen LogP contribution in [0.1, 0.15) is 26.2 Å². The van der Waals surface area contributed by atoms with Gasteiger partial charge in [0.1, 0.15) is 5.75 Å². The van der Waals surface area contributed by atoms with Gasteiger partial charge < -0.3 is 15.4 Å². The minimum Gasteiger partial charge on any atom is -0.495 e. The molecule has 0 atom stereocenters. The lowest BCUT2D eigenvalue weighted by Crippen LogP contribution is -2.31. The smallest absolute Gasteiger partial charge is 0.255 e. The number of carbonyl (C=O) groups is 3. The van der Waals surface area contributed by atoms with Gasteiger partial charge in [0.25, 0.3) is 5.91 Å². The number of nitrogens with one attached hydrogen (secondary N) is 2. The summed E-state index contributed by atoms with van der Waals surface area (Å²) in [6, 6.07) is 5.30. The summed E-state index contributed by atoms with van der Waals surface area (Å²) < 4.78 is 5.30. The van der Waals surface area contributed by atoms with Crippen LogP contribution in [0.5, 0.6) is 5.75 Å². The van der Waals surface area contributed by atoms with E-state index in [1.54, 1.807) is 25.3 Å². The largest absolute Gasteiger partial charge is 0.495 e. The Balaban J connectivity index is 1.73. The fraction of sp³-hybridized carbons (Fsp3) is 0.389. The molecule has 0 radical (unpaired) electrons. The van der Waals surface area contributed by atoms with Gasteiger partial charge in [0.2, 0.25) is 11.8 Å². The van der Waals surface area contributed by atoms with Crippen molar-refractivity contribution in [3.8, 4) is 5.75 Å². The molecule has 3 amide bonds. The van der Waals surface area contributed by atoms with Gasteiger partial charge in [0.05, 0.1) is 19.3 Å². The molecular formula is C18H21N3O4. The fourth-order valence-corrected chi connectivity index (χ4v) is 2.84. The van der Waals surface area contributed by atoms with Gasteiger partial charge in [-0.3, -0.25) is 19.3 Å². The molecule has 1 aromatic rings. The van der Waals surface area contributed by atoms with Crippen LogP contribution >= 0.6 is 0 Å². The molecule has 25 heavy (non-hydrogen) atoms. The molecule has 0 saturated heterocycles. The first-order valence-corrected chi connectivity index (χ1v) is 8.26. The Morgan fingerprint density at radius 2 is 2.04 bits per heavy atom. The second-order valence-electron chi connectivity index (χ2n) is 6.27. The number of amides is 3. The molecule has 1 aliphatic carbocycles. The predicted octanol–water partition coefficient (Wildman–Crippen LogP) is 2.12. The second kappa shape index (κ2) is 6.96. The minimum atomic E-state index is -0.331. The van der Waals surface area contributed by atoms with Crippen molar-refractivity contribution in [3.63, 3.8) is 0 Å². The summed E-state index contributed by atoms with van der Waals surface area (Å²) in [6.45, 7) is 1.57. The molecule has 132 valence electrons. The Labute approximate surface area is 146 Å². The van der Waals surface area contributed by atoms with E-state index in [1.807, 2.05) is 0 Å². The normalized spacial score (nSPS) is 17.0. The molecule has 0 spiro atoms. The Morgan fingerprint density at radius 1 is 1.28 bits per heavy atom. The number of rotatable bonds is 5. The van der Waals surface area contributed by atoms with Crippen LogP contribution in [-0.4, -0.2) is 36.3 Å². The third-order valence-electron chi connectivity index (χ3n) is 4.51. The highest BCUT2D eigenvalue weighted by molar-refractivity contribution is 6.03. The third kappa shape index (κ3) is 3.65. The average molecular weight is 343 g/mol. The third-order valence-corrected chi connectivity index (χ3v) is 4.51. The van der Waals surface area contributed by atoms with E-state index < -0.39 is 0 Å². The van der Waals surface area contributed by atoms with Gasteiger partial charge in [-0.1, -0.05) is 6.42 Å². The number of anilines is 2. The van der Waals surface area contributed by atoms with E-state index in [4.69, 9.17) is 4.74 Å². The van der Waals surface area contributed by atoms with Crippen molar-refractivity contribution in [2.45, 2.75) is 26.2 Å². The van der Waals surface area contributed by atoms with E-state index in [0.29, 0.717) is 22.8 Å². The van der Waals surface area contributed by atoms with E-state index >= 15 is 0 Å². The molecule has 1 aromatic carbocycles. The highest BCUT2D eigenvalue weighted by Crippen LogP contribution is 2.32. The molecule has 7 nitrogen and oxygen atoms in total. The van der Waals surface area contributed by atoms with Crippen LogP contribution in [0.25, 0.3) is 0 Å². The zero-order valence-electron chi connectivity index (χ0n) is 14.3. The molecule has 1 aliphatic heterocycles. The monoisotopic (exact) mass is 343 g/mol. The Hall–Kier alpha value is -2.83. The second-order valence-corrected chi connectivity index (χ2v) is 6.27. The Bertz CT molecular complexity index is 753. The SMILES string of the molecule is COc1ccc(NC2=CC(=O)N(C(C)=O)C2)cc1NC(=O)C1CCC1. The van der Waals surface area contributed by atoms with Crippen molar-refractivity contribution >= 4 is 29.1 Å². The molecule has 3 rings (SSSR count). The summed E-state index contributed by atoms with van der Waals surface area (Å²) in [5, 5.41) is 6.03. The first-order valence-electron chi connectivity index (χ1n) is 8.26. The quantitative estimate of drug-likeness (QED) is 0.855. The zero-order chi connectivity index (χ0) is 18.0. The summed E-state index contributed by atoms with van der Waals surface area (Å²) in [7, 11) is 1.55. The van der Waals surface area contributed by atoms with Crippen LogP contribution in [0.15, 0.2) is 30.0 Å². The molecule has 2 N–H and O–H groups in total. The molecule has 1 heterocycles. The van der Waals surface area contributed by atoms with Crippen LogP contribution < -0.4 is 15.4 Å². The van der Waals surface area contributed by atoms with Crippen LogP contribution in [0, 0.1) is 5.92 Å². The van der Waals surface area contributed by atoms with Crippen molar-refractivity contribution in [1.29, 1.82) is 0 Å². The van der Waals surface area contributed by atoms with Gasteiger partial charge >= 0.3 is 0 Å². The van der Waals surface area contributed by atoms with Gasteiger partial charge in [0.15, 0.2) is 0 Å². The Kier molecular flexibility index (Phi) is 4.74. The van der Waals surface area contributed by atoms with Gasteiger partial charge in [0, 0.05) is 30.3 Å². The van der Waals surface area contributed by atoms with E-state index in [2.05, 4.69) is 10.6 Å². The van der Waals surface area contributed by atoms with Crippen LogP contribution in [-0.2, 0) is 14.4 Å². The van der Waals surface area contributed by atoms with Crippen LogP contribution in [0.2, 0.25) is 0 Å². The number of hydrogen-bond acceptors (Lipinski definition) is 5. The Morgan fingerprint density at radius 3 is 2.60 bits per heavy atom. The van der Waals surface area contributed by atoms with Gasteiger partial charge in [-0.15, -0.1) is 0 Å². The first kappa shape index (κ1) is 17.0. The fourth-order valence-electron chi connectivity index (χ4n) is 2.84. The standard InChI is InChI=1S/C18H21N3O4/c1-11(22)21-10-14(9-17(21)23)19-13-6-7-16(25-2)15(8-13)20-18(24)12-4-3-5-12/h6-9,12,19H,3-5,10H2,1-2H3,(H,20,24). The number of imide groups is 1. The van der Waals surface area contributed by atoms with Gasteiger partial charge in [-0.25, -0.2) is 0 Å². The number of hydrogen-bond donors (Lipinski definition) is 2. The molecule has 1 saturated carbocycles. The summed E-state index contributed by atoms with van der Waals surface area (Å²) in [4.78, 5) is 36.5.